The topological polar surface area (TPSA) is 108 Å². The van der Waals surface area contributed by atoms with E-state index in [1.54, 1.807) is 34.5 Å². The Hall–Kier alpha value is -4.57. The number of pyridine rings is 2. The van der Waals surface area contributed by atoms with Gasteiger partial charge < -0.3 is 15.5 Å². The summed E-state index contributed by atoms with van der Waals surface area (Å²) in [5, 5.41) is 6.68. The highest BCUT2D eigenvalue weighted by atomic mass is 32.1. The third kappa shape index (κ3) is 4.18. The minimum atomic E-state index is -0.384. The molecule has 2 aliphatic rings. The van der Waals surface area contributed by atoms with Gasteiger partial charge in [0.15, 0.2) is 0 Å². The summed E-state index contributed by atoms with van der Waals surface area (Å²) in [6, 6.07) is 12.9. The molecule has 6 rings (SSSR count). The van der Waals surface area contributed by atoms with Crippen LogP contribution in [0.3, 0.4) is 0 Å². The maximum absolute atomic E-state index is 13.4. The number of rotatable bonds is 5. The first-order chi connectivity index (χ1) is 18.5. The van der Waals surface area contributed by atoms with Crippen LogP contribution < -0.4 is 15.5 Å². The van der Waals surface area contributed by atoms with Crippen LogP contribution in [0.4, 0.5) is 21.9 Å². The van der Waals surface area contributed by atoms with Crippen molar-refractivity contribution in [2.45, 2.75) is 18.9 Å². The molecule has 4 amide bonds. The van der Waals surface area contributed by atoms with Gasteiger partial charge in [-0.3, -0.25) is 19.5 Å². The normalized spacial score (nSPS) is 16.7. The highest BCUT2D eigenvalue weighted by Gasteiger charge is 2.34. The molecule has 0 saturated carbocycles. The number of nitrogens with one attached hydrogen (secondary N) is 2. The van der Waals surface area contributed by atoms with E-state index in [1.165, 1.54) is 17.4 Å². The van der Waals surface area contributed by atoms with Crippen molar-refractivity contribution < 1.29 is 14.4 Å². The molecule has 9 nitrogen and oxygen atoms in total. The quantitative estimate of drug-likeness (QED) is 0.359. The van der Waals surface area contributed by atoms with Gasteiger partial charge >= 0.3 is 6.03 Å². The van der Waals surface area contributed by atoms with Crippen molar-refractivity contribution in [1.29, 1.82) is 0 Å². The van der Waals surface area contributed by atoms with Gasteiger partial charge in [-0.1, -0.05) is 36.9 Å². The van der Waals surface area contributed by atoms with Crippen LogP contribution in [0.5, 0.6) is 0 Å². The number of benzene rings is 1. The highest BCUT2D eigenvalue weighted by molar-refractivity contribution is 7.21. The Labute approximate surface area is 222 Å². The van der Waals surface area contributed by atoms with E-state index in [4.69, 9.17) is 0 Å². The van der Waals surface area contributed by atoms with Gasteiger partial charge in [0, 0.05) is 37.1 Å². The molecular formula is C28H24N6O3S. The van der Waals surface area contributed by atoms with Crippen molar-refractivity contribution in [1.82, 2.24) is 20.2 Å². The number of carbonyl (C=O) groups is 3. The maximum atomic E-state index is 13.4. The van der Waals surface area contributed by atoms with E-state index in [-0.39, 0.29) is 23.9 Å². The molecule has 3 aromatic heterocycles. The molecule has 2 N–H and O–H groups in total. The van der Waals surface area contributed by atoms with Gasteiger partial charge in [0.25, 0.3) is 5.91 Å². The Morgan fingerprint density at radius 3 is 2.82 bits per heavy atom. The molecule has 0 aliphatic carbocycles. The minimum absolute atomic E-state index is 0.145. The Morgan fingerprint density at radius 1 is 1.16 bits per heavy atom. The number of urea groups is 1. The van der Waals surface area contributed by atoms with Crippen molar-refractivity contribution in [2.24, 2.45) is 0 Å². The fourth-order valence-electron chi connectivity index (χ4n) is 5.01. The van der Waals surface area contributed by atoms with Crippen LogP contribution in [0.1, 0.15) is 22.5 Å². The van der Waals surface area contributed by atoms with E-state index in [9.17, 15) is 14.4 Å². The first-order valence-electron chi connectivity index (χ1n) is 12.3. The van der Waals surface area contributed by atoms with E-state index in [0.717, 1.165) is 24.0 Å². The minimum Gasteiger partial charge on any atom is -0.347 e. The third-order valence-corrected chi connectivity index (χ3v) is 7.88. The number of thiophene rings is 1. The van der Waals surface area contributed by atoms with Gasteiger partial charge in [0.1, 0.15) is 9.71 Å². The molecule has 1 aromatic carbocycles. The lowest BCUT2D eigenvalue weighted by molar-refractivity contribution is -0.127. The van der Waals surface area contributed by atoms with Crippen LogP contribution in [0.25, 0.3) is 21.3 Å². The molecule has 5 heterocycles. The summed E-state index contributed by atoms with van der Waals surface area (Å²) >= 11 is 1.23. The van der Waals surface area contributed by atoms with Gasteiger partial charge in [0.05, 0.1) is 28.6 Å². The summed E-state index contributed by atoms with van der Waals surface area (Å²) < 4.78 is 0. The molecule has 1 fully saturated rings. The number of nitrogens with zero attached hydrogens (tertiary/aromatic N) is 4. The van der Waals surface area contributed by atoms with Crippen LogP contribution in [0, 0.1) is 0 Å². The SMILES string of the molecule is C=CC(=O)N1CCCC(NC(=O)c2sc3nccc4c3c2NC(=O)N4c2cncc(-c3ccccc3)c2)C1. The molecule has 1 unspecified atom stereocenters. The number of amides is 4. The first kappa shape index (κ1) is 23.8. The smallest absolute Gasteiger partial charge is 0.331 e. The van der Waals surface area contributed by atoms with Gasteiger partial charge in [-0.2, -0.15) is 0 Å². The summed E-state index contributed by atoms with van der Waals surface area (Å²) in [6.07, 6.45) is 7.89. The van der Waals surface area contributed by atoms with Crippen molar-refractivity contribution in [2.75, 3.05) is 23.3 Å². The van der Waals surface area contributed by atoms with Crippen LogP contribution in [-0.4, -0.2) is 51.8 Å². The largest absolute Gasteiger partial charge is 0.347 e. The van der Waals surface area contributed by atoms with Crippen LogP contribution in [0.2, 0.25) is 0 Å². The molecule has 1 saturated heterocycles. The second kappa shape index (κ2) is 9.71. The lowest BCUT2D eigenvalue weighted by atomic mass is 10.1. The second-order valence-electron chi connectivity index (χ2n) is 9.18. The summed E-state index contributed by atoms with van der Waals surface area (Å²) in [5.74, 6) is -0.443. The zero-order valence-electron chi connectivity index (χ0n) is 20.4. The average Bonchev–Trinajstić information content (AvgIpc) is 3.33. The maximum Gasteiger partial charge on any atom is 0.331 e. The van der Waals surface area contributed by atoms with E-state index in [1.807, 2.05) is 36.4 Å². The van der Waals surface area contributed by atoms with Gasteiger partial charge in [-0.05, 0) is 36.6 Å². The fraction of sp³-hybridized carbons (Fsp3) is 0.179. The Morgan fingerprint density at radius 2 is 2.00 bits per heavy atom. The summed E-state index contributed by atoms with van der Waals surface area (Å²) in [7, 11) is 0. The zero-order valence-corrected chi connectivity index (χ0v) is 21.2. The predicted octanol–water partition coefficient (Wildman–Crippen LogP) is 4.95. The first-order valence-corrected chi connectivity index (χ1v) is 13.1. The molecule has 2 aliphatic heterocycles. The Kier molecular flexibility index (Phi) is 6.09. The van der Waals surface area contributed by atoms with Gasteiger partial charge in [0.2, 0.25) is 5.91 Å². The summed E-state index contributed by atoms with van der Waals surface area (Å²) in [4.78, 5) is 52.0. The number of anilines is 3. The molecule has 10 heteroatoms. The molecule has 0 radical (unpaired) electrons. The number of hydrogen-bond donors (Lipinski definition) is 2. The number of likely N-dealkylation sites (tertiary alicyclic amines) is 1. The summed E-state index contributed by atoms with van der Waals surface area (Å²) in [5.41, 5.74) is 3.57. The standard InChI is InChI=1S/C28H24N6O3S/c1-2-22(35)33-12-6-9-19(16-33)31-26(36)25-24-23-21(10-11-30-27(23)38-25)34(28(37)32-24)20-13-18(14-29-15-20)17-7-4-3-5-8-17/h2-5,7-8,10-11,13-15,19H,1,6,9,12,16H2,(H,31,36)(H,32,37). The Bertz CT molecular complexity index is 1580. The van der Waals surface area contributed by atoms with E-state index in [0.29, 0.717) is 45.2 Å². The number of carbonyl (C=O) groups excluding carboxylic acids is 3. The monoisotopic (exact) mass is 524 g/mol. The van der Waals surface area contributed by atoms with Gasteiger partial charge in [-0.25, -0.2) is 9.78 Å². The van der Waals surface area contributed by atoms with Crippen molar-refractivity contribution in [3.63, 3.8) is 0 Å². The lowest BCUT2D eigenvalue weighted by Crippen LogP contribution is -2.49. The number of piperidine rings is 1. The number of hydrogen-bond acceptors (Lipinski definition) is 6. The Balaban J connectivity index is 1.33. The van der Waals surface area contributed by atoms with Crippen molar-refractivity contribution in [3.8, 4) is 11.1 Å². The molecular weight excluding hydrogens is 500 g/mol. The molecule has 1 atom stereocenters. The fourth-order valence-corrected chi connectivity index (χ4v) is 6.04. The van der Waals surface area contributed by atoms with Crippen molar-refractivity contribution >= 4 is 56.5 Å². The predicted molar refractivity (Wildman–Crippen MR) is 148 cm³/mol. The molecule has 0 spiro atoms. The number of aromatic nitrogens is 2. The van der Waals surface area contributed by atoms with Crippen LogP contribution in [0.15, 0.2) is 73.7 Å². The van der Waals surface area contributed by atoms with Crippen molar-refractivity contribution in [3.05, 3.63) is 78.6 Å². The lowest BCUT2D eigenvalue weighted by Gasteiger charge is -2.32. The highest BCUT2D eigenvalue weighted by Crippen LogP contribution is 2.45. The van der Waals surface area contributed by atoms with E-state index < -0.39 is 0 Å². The van der Waals surface area contributed by atoms with Crippen LogP contribution in [-0.2, 0) is 4.79 Å². The second-order valence-corrected chi connectivity index (χ2v) is 10.2. The third-order valence-electron chi connectivity index (χ3n) is 6.78. The summed E-state index contributed by atoms with van der Waals surface area (Å²) in [6.45, 7) is 4.62. The average molecular weight is 525 g/mol. The molecule has 38 heavy (non-hydrogen) atoms. The zero-order chi connectivity index (χ0) is 26.2. The van der Waals surface area contributed by atoms with E-state index in [2.05, 4.69) is 27.2 Å². The molecule has 4 aromatic rings. The van der Waals surface area contributed by atoms with Gasteiger partial charge in [-0.15, -0.1) is 11.3 Å². The van der Waals surface area contributed by atoms with E-state index >= 15 is 0 Å². The molecule has 190 valence electrons. The van der Waals surface area contributed by atoms with Crippen LogP contribution >= 0.6 is 11.3 Å². The molecule has 0 bridgehead atoms.